The molecule has 2 fully saturated rings. The fraction of sp³-hybridized carbons (Fsp3) is 0.800. The molecule has 11 heavy (non-hydrogen) atoms. The summed E-state index contributed by atoms with van der Waals surface area (Å²) in [5.74, 6) is 1.03. The van der Waals surface area contributed by atoms with Crippen molar-refractivity contribution in [1.82, 2.24) is 5.32 Å². The Bertz CT molecular complexity index is 149. The fourth-order valence-corrected chi connectivity index (χ4v) is 2.11. The van der Waals surface area contributed by atoms with Gasteiger partial charge in [0.25, 0.3) is 0 Å². The molecule has 1 saturated heterocycles. The molecule has 0 spiro atoms. The molecule has 2 unspecified atom stereocenters. The van der Waals surface area contributed by atoms with E-state index in [0.29, 0.717) is 0 Å². The largest absolute Gasteiger partial charge is 0.311 e. The van der Waals surface area contributed by atoms with Crippen LogP contribution in [0, 0.1) is 5.92 Å². The van der Waals surface area contributed by atoms with Crippen molar-refractivity contribution in [1.29, 1.82) is 0 Å². The number of hydrogen-bond acceptors (Lipinski definition) is 1. The van der Waals surface area contributed by atoms with Crippen molar-refractivity contribution in [3.8, 4) is 0 Å². The zero-order valence-corrected chi connectivity index (χ0v) is 7.05. The summed E-state index contributed by atoms with van der Waals surface area (Å²) in [5.41, 5.74) is 0. The van der Waals surface area contributed by atoms with Crippen molar-refractivity contribution in [3.63, 3.8) is 0 Å². The Morgan fingerprint density at radius 2 is 2.09 bits per heavy atom. The number of hydrogen-bond donors (Lipinski definition) is 1. The molecule has 2 aliphatic rings. The summed E-state index contributed by atoms with van der Waals surface area (Å²) < 4.78 is 0. The number of rotatable bonds is 3. The second-order valence-electron chi connectivity index (χ2n) is 3.91. The minimum atomic E-state index is 0.748. The number of nitrogens with one attached hydrogen (secondary N) is 1. The molecule has 2 rings (SSSR count). The van der Waals surface area contributed by atoms with E-state index in [1.807, 2.05) is 6.08 Å². The van der Waals surface area contributed by atoms with E-state index in [2.05, 4.69) is 11.9 Å². The second-order valence-corrected chi connectivity index (χ2v) is 3.91. The van der Waals surface area contributed by atoms with Gasteiger partial charge in [0.15, 0.2) is 0 Å². The molecule has 2 atom stereocenters. The third-order valence-electron chi connectivity index (χ3n) is 2.92. The van der Waals surface area contributed by atoms with E-state index in [-0.39, 0.29) is 0 Å². The summed E-state index contributed by atoms with van der Waals surface area (Å²) in [5, 5.41) is 3.68. The van der Waals surface area contributed by atoms with Gasteiger partial charge >= 0.3 is 0 Å². The van der Waals surface area contributed by atoms with Crippen LogP contribution in [0.25, 0.3) is 0 Å². The van der Waals surface area contributed by atoms with Crippen LogP contribution < -0.4 is 5.32 Å². The maximum absolute atomic E-state index is 3.77. The van der Waals surface area contributed by atoms with Crippen molar-refractivity contribution >= 4 is 0 Å². The second kappa shape index (κ2) is 2.98. The van der Waals surface area contributed by atoms with Crippen LogP contribution in [0.15, 0.2) is 12.7 Å². The Kier molecular flexibility index (Phi) is 1.99. The Balaban J connectivity index is 1.78. The van der Waals surface area contributed by atoms with Gasteiger partial charge < -0.3 is 5.32 Å². The molecule has 1 saturated carbocycles. The van der Waals surface area contributed by atoms with E-state index in [1.54, 1.807) is 0 Å². The van der Waals surface area contributed by atoms with Gasteiger partial charge in [-0.2, -0.15) is 0 Å². The van der Waals surface area contributed by atoms with Crippen LogP contribution in [-0.2, 0) is 0 Å². The van der Waals surface area contributed by atoms with Gasteiger partial charge in [-0.25, -0.2) is 0 Å². The molecule has 0 radical (unpaired) electrons. The first-order valence-electron chi connectivity index (χ1n) is 4.77. The molecular formula is C10H17N. The first-order chi connectivity index (χ1) is 5.40. The van der Waals surface area contributed by atoms with E-state index in [1.165, 1.54) is 25.7 Å². The summed E-state index contributed by atoms with van der Waals surface area (Å²) >= 11 is 0. The van der Waals surface area contributed by atoms with E-state index in [9.17, 15) is 0 Å². The maximum atomic E-state index is 3.77. The summed E-state index contributed by atoms with van der Waals surface area (Å²) in [6.07, 6.45) is 8.91. The molecule has 0 aromatic heterocycles. The van der Waals surface area contributed by atoms with Gasteiger partial charge in [-0.05, 0) is 38.0 Å². The molecule has 0 amide bonds. The Labute approximate surface area is 68.9 Å². The first kappa shape index (κ1) is 7.35. The lowest BCUT2D eigenvalue weighted by atomic mass is 10.1. The highest BCUT2D eigenvalue weighted by atomic mass is 15.0. The van der Waals surface area contributed by atoms with Crippen LogP contribution >= 0.6 is 0 Å². The summed E-state index contributed by atoms with van der Waals surface area (Å²) in [6, 6.07) is 1.61. The van der Waals surface area contributed by atoms with Crippen molar-refractivity contribution in [2.24, 2.45) is 5.92 Å². The normalized spacial score (nSPS) is 37.5. The minimum absolute atomic E-state index is 0.748. The fourth-order valence-electron chi connectivity index (χ4n) is 2.11. The van der Waals surface area contributed by atoms with Gasteiger partial charge in [0.2, 0.25) is 0 Å². The molecule has 1 heteroatoms. The standard InChI is InChI=1S/C10H17N/c1-2-3-9-6-7-10(11-9)8-4-5-8/h2,8-11H,1,3-7H2. The molecule has 62 valence electrons. The highest BCUT2D eigenvalue weighted by molar-refractivity contribution is 4.95. The van der Waals surface area contributed by atoms with Crippen molar-refractivity contribution in [3.05, 3.63) is 12.7 Å². The van der Waals surface area contributed by atoms with E-state index in [4.69, 9.17) is 0 Å². The quantitative estimate of drug-likeness (QED) is 0.609. The molecular weight excluding hydrogens is 134 g/mol. The molecule has 1 nitrogen and oxygen atoms in total. The monoisotopic (exact) mass is 151 g/mol. The lowest BCUT2D eigenvalue weighted by Gasteiger charge is -2.11. The van der Waals surface area contributed by atoms with Gasteiger partial charge in [0.1, 0.15) is 0 Å². The highest BCUT2D eigenvalue weighted by Crippen LogP contribution is 2.37. The van der Waals surface area contributed by atoms with Crippen LogP contribution in [0.5, 0.6) is 0 Å². The van der Waals surface area contributed by atoms with Crippen LogP contribution in [0.3, 0.4) is 0 Å². The van der Waals surface area contributed by atoms with Crippen molar-refractivity contribution in [2.75, 3.05) is 0 Å². The molecule has 1 heterocycles. The Morgan fingerprint density at radius 1 is 1.27 bits per heavy atom. The zero-order valence-electron chi connectivity index (χ0n) is 7.05. The SMILES string of the molecule is C=CCC1CCC(C2CC2)N1. The summed E-state index contributed by atoms with van der Waals surface area (Å²) in [7, 11) is 0. The lowest BCUT2D eigenvalue weighted by molar-refractivity contribution is 0.497. The van der Waals surface area contributed by atoms with E-state index < -0.39 is 0 Å². The molecule has 1 aliphatic carbocycles. The van der Waals surface area contributed by atoms with Crippen molar-refractivity contribution < 1.29 is 0 Å². The maximum Gasteiger partial charge on any atom is 0.0105 e. The van der Waals surface area contributed by atoms with Crippen LogP contribution in [0.2, 0.25) is 0 Å². The highest BCUT2D eigenvalue weighted by Gasteiger charge is 2.35. The Morgan fingerprint density at radius 3 is 2.73 bits per heavy atom. The molecule has 1 aliphatic heterocycles. The van der Waals surface area contributed by atoms with E-state index in [0.717, 1.165) is 24.4 Å². The third-order valence-corrected chi connectivity index (χ3v) is 2.92. The first-order valence-corrected chi connectivity index (χ1v) is 4.77. The Hall–Kier alpha value is -0.300. The topological polar surface area (TPSA) is 12.0 Å². The van der Waals surface area contributed by atoms with Gasteiger partial charge in [-0.1, -0.05) is 6.08 Å². The molecule has 1 N–H and O–H groups in total. The average molecular weight is 151 g/mol. The molecule has 0 aromatic carbocycles. The summed E-state index contributed by atoms with van der Waals surface area (Å²) in [4.78, 5) is 0. The van der Waals surface area contributed by atoms with Crippen LogP contribution in [-0.4, -0.2) is 12.1 Å². The zero-order chi connectivity index (χ0) is 7.68. The van der Waals surface area contributed by atoms with Gasteiger partial charge in [-0.3, -0.25) is 0 Å². The smallest absolute Gasteiger partial charge is 0.0105 e. The lowest BCUT2D eigenvalue weighted by Crippen LogP contribution is -2.30. The molecule has 0 bridgehead atoms. The van der Waals surface area contributed by atoms with Crippen molar-refractivity contribution in [2.45, 2.75) is 44.2 Å². The summed E-state index contributed by atoms with van der Waals surface area (Å²) in [6.45, 7) is 3.77. The predicted molar refractivity (Wildman–Crippen MR) is 47.5 cm³/mol. The van der Waals surface area contributed by atoms with Crippen LogP contribution in [0.4, 0.5) is 0 Å². The predicted octanol–water partition coefficient (Wildman–Crippen LogP) is 2.09. The van der Waals surface area contributed by atoms with Gasteiger partial charge in [0, 0.05) is 12.1 Å². The minimum Gasteiger partial charge on any atom is -0.311 e. The average Bonchev–Trinajstić information content (AvgIpc) is 2.75. The van der Waals surface area contributed by atoms with E-state index >= 15 is 0 Å². The molecule has 0 aromatic rings. The van der Waals surface area contributed by atoms with Gasteiger partial charge in [0.05, 0.1) is 0 Å². The van der Waals surface area contributed by atoms with Gasteiger partial charge in [-0.15, -0.1) is 6.58 Å². The third kappa shape index (κ3) is 1.64. The van der Waals surface area contributed by atoms with Crippen LogP contribution in [0.1, 0.15) is 32.1 Å².